The molecule has 0 heterocycles. The van der Waals surface area contributed by atoms with Crippen molar-refractivity contribution < 1.29 is 0 Å². The van der Waals surface area contributed by atoms with Crippen molar-refractivity contribution in [1.29, 1.82) is 0 Å². The fourth-order valence-electron chi connectivity index (χ4n) is 1.57. The van der Waals surface area contributed by atoms with Gasteiger partial charge in [0, 0.05) is 10.2 Å². The summed E-state index contributed by atoms with van der Waals surface area (Å²) < 4.78 is 0.950. The van der Waals surface area contributed by atoms with Crippen LogP contribution in [0, 0.1) is 6.92 Å². The van der Waals surface area contributed by atoms with Crippen LogP contribution < -0.4 is 11.1 Å². The van der Waals surface area contributed by atoms with Gasteiger partial charge in [0.15, 0.2) is 0 Å². The molecule has 0 saturated heterocycles. The number of aryl methyl sites for hydroxylation is 1. The first-order valence-corrected chi connectivity index (χ1v) is 6.80. The van der Waals surface area contributed by atoms with Gasteiger partial charge in [-0.05, 0) is 52.7 Å². The molecule has 0 unspecified atom stereocenters. The number of rotatable bonds is 2. The van der Waals surface area contributed by atoms with E-state index in [1.54, 1.807) is 12.1 Å². The molecule has 0 saturated carbocycles. The third kappa shape index (κ3) is 2.91. The molecule has 5 heteroatoms. The molecule has 0 aromatic heterocycles. The fourth-order valence-corrected chi connectivity index (χ4v) is 2.76. The average Bonchev–Trinajstić information content (AvgIpc) is 2.25. The first kappa shape index (κ1) is 13.5. The maximum Gasteiger partial charge on any atom is 0.0764 e. The summed E-state index contributed by atoms with van der Waals surface area (Å²) in [5.74, 6) is 0. The molecular formula is C13H11BrCl2N2. The zero-order valence-corrected chi connectivity index (χ0v) is 12.7. The largest absolute Gasteiger partial charge is 0.399 e. The Morgan fingerprint density at radius 3 is 2.28 bits per heavy atom. The number of hydrogen-bond acceptors (Lipinski definition) is 2. The maximum absolute atomic E-state index is 6.13. The van der Waals surface area contributed by atoms with Gasteiger partial charge in [0.1, 0.15) is 0 Å². The van der Waals surface area contributed by atoms with Gasteiger partial charge in [-0.15, -0.1) is 0 Å². The summed E-state index contributed by atoms with van der Waals surface area (Å²) in [5.41, 5.74) is 8.92. The van der Waals surface area contributed by atoms with E-state index in [1.165, 1.54) is 5.56 Å². The highest BCUT2D eigenvalue weighted by molar-refractivity contribution is 9.10. The quantitative estimate of drug-likeness (QED) is 0.716. The molecule has 0 fully saturated rings. The molecule has 2 aromatic rings. The number of benzene rings is 2. The first-order valence-electron chi connectivity index (χ1n) is 5.25. The molecule has 0 aliphatic rings. The summed E-state index contributed by atoms with van der Waals surface area (Å²) in [4.78, 5) is 0. The number of halogens is 3. The van der Waals surface area contributed by atoms with Crippen molar-refractivity contribution in [1.82, 2.24) is 0 Å². The predicted octanol–water partition coefficient (Wildman–Crippen LogP) is 5.39. The summed E-state index contributed by atoms with van der Waals surface area (Å²) in [6, 6.07) is 9.31. The minimum Gasteiger partial charge on any atom is -0.399 e. The van der Waals surface area contributed by atoms with Crippen molar-refractivity contribution in [3.05, 3.63) is 50.4 Å². The maximum atomic E-state index is 6.13. The predicted molar refractivity (Wildman–Crippen MR) is 83.0 cm³/mol. The molecule has 0 radical (unpaired) electrons. The summed E-state index contributed by atoms with van der Waals surface area (Å²) in [7, 11) is 0. The van der Waals surface area contributed by atoms with Crippen molar-refractivity contribution >= 4 is 56.2 Å². The third-order valence-corrected chi connectivity index (χ3v) is 3.70. The Bertz CT molecular complexity index is 577. The lowest BCUT2D eigenvalue weighted by Gasteiger charge is -2.13. The molecule has 0 atom stereocenters. The molecule has 0 spiro atoms. The minimum atomic E-state index is 0.493. The lowest BCUT2D eigenvalue weighted by molar-refractivity contribution is 1.43. The molecule has 2 rings (SSSR count). The number of anilines is 3. The van der Waals surface area contributed by atoms with Crippen LogP contribution in [0.3, 0.4) is 0 Å². The van der Waals surface area contributed by atoms with Crippen molar-refractivity contribution in [3.63, 3.8) is 0 Å². The molecule has 0 aliphatic carbocycles. The molecule has 0 amide bonds. The SMILES string of the molecule is Cc1ccc(Nc2c(Cl)cc(N)cc2Cl)c(Br)c1. The molecule has 94 valence electrons. The Morgan fingerprint density at radius 1 is 1.11 bits per heavy atom. The van der Waals surface area contributed by atoms with E-state index in [0.717, 1.165) is 10.2 Å². The van der Waals surface area contributed by atoms with E-state index < -0.39 is 0 Å². The normalized spacial score (nSPS) is 10.4. The van der Waals surface area contributed by atoms with E-state index in [2.05, 4.69) is 21.2 Å². The molecule has 3 N–H and O–H groups in total. The Morgan fingerprint density at radius 2 is 1.72 bits per heavy atom. The van der Waals surface area contributed by atoms with Crippen LogP contribution in [0.25, 0.3) is 0 Å². The highest BCUT2D eigenvalue weighted by Crippen LogP contribution is 2.36. The number of nitrogens with one attached hydrogen (secondary N) is 1. The van der Waals surface area contributed by atoms with Crippen molar-refractivity contribution in [2.45, 2.75) is 6.92 Å². The van der Waals surface area contributed by atoms with Gasteiger partial charge in [0.05, 0.1) is 21.4 Å². The van der Waals surface area contributed by atoms with Crippen LogP contribution in [-0.2, 0) is 0 Å². The van der Waals surface area contributed by atoms with Crippen molar-refractivity contribution in [2.75, 3.05) is 11.1 Å². The van der Waals surface area contributed by atoms with E-state index in [9.17, 15) is 0 Å². The fraction of sp³-hybridized carbons (Fsp3) is 0.0769. The van der Waals surface area contributed by atoms with Gasteiger partial charge in [0.25, 0.3) is 0 Å². The second-order valence-electron chi connectivity index (χ2n) is 3.97. The van der Waals surface area contributed by atoms with Crippen molar-refractivity contribution in [3.8, 4) is 0 Å². The number of hydrogen-bond donors (Lipinski definition) is 2. The third-order valence-electron chi connectivity index (χ3n) is 2.45. The second-order valence-corrected chi connectivity index (χ2v) is 5.64. The summed E-state index contributed by atoms with van der Waals surface area (Å²) in [5, 5.41) is 4.18. The smallest absolute Gasteiger partial charge is 0.0764 e. The van der Waals surface area contributed by atoms with Gasteiger partial charge in [-0.1, -0.05) is 29.3 Å². The van der Waals surface area contributed by atoms with Crippen LogP contribution in [0.5, 0.6) is 0 Å². The van der Waals surface area contributed by atoms with Gasteiger partial charge >= 0.3 is 0 Å². The zero-order valence-electron chi connectivity index (χ0n) is 9.60. The zero-order chi connectivity index (χ0) is 13.3. The Labute approximate surface area is 124 Å². The monoisotopic (exact) mass is 344 g/mol. The van der Waals surface area contributed by atoms with Gasteiger partial charge < -0.3 is 11.1 Å². The summed E-state index contributed by atoms with van der Waals surface area (Å²) in [6.07, 6.45) is 0. The highest BCUT2D eigenvalue weighted by Gasteiger charge is 2.09. The van der Waals surface area contributed by atoms with Gasteiger partial charge in [-0.2, -0.15) is 0 Å². The Balaban J connectivity index is 2.40. The molecular weight excluding hydrogens is 335 g/mol. The van der Waals surface area contributed by atoms with E-state index in [-0.39, 0.29) is 0 Å². The Kier molecular flexibility index (Phi) is 4.05. The topological polar surface area (TPSA) is 38.0 Å². The lowest BCUT2D eigenvalue weighted by Crippen LogP contribution is -1.95. The van der Waals surface area contributed by atoms with Crippen LogP contribution in [0.4, 0.5) is 17.1 Å². The minimum absolute atomic E-state index is 0.493. The lowest BCUT2D eigenvalue weighted by atomic mass is 10.2. The van der Waals surface area contributed by atoms with E-state index in [1.807, 2.05) is 25.1 Å². The van der Waals surface area contributed by atoms with Crippen LogP contribution in [0.2, 0.25) is 10.0 Å². The van der Waals surface area contributed by atoms with E-state index in [4.69, 9.17) is 28.9 Å². The van der Waals surface area contributed by atoms with Crippen molar-refractivity contribution in [2.24, 2.45) is 0 Å². The van der Waals surface area contributed by atoms with Gasteiger partial charge in [-0.25, -0.2) is 0 Å². The molecule has 2 nitrogen and oxygen atoms in total. The first-order chi connectivity index (χ1) is 8.47. The molecule has 0 bridgehead atoms. The second kappa shape index (κ2) is 5.39. The highest BCUT2D eigenvalue weighted by atomic mass is 79.9. The van der Waals surface area contributed by atoms with Gasteiger partial charge in [-0.3, -0.25) is 0 Å². The van der Waals surface area contributed by atoms with Crippen LogP contribution in [-0.4, -0.2) is 0 Å². The Hall–Kier alpha value is -0.900. The number of nitrogens with two attached hydrogens (primary N) is 1. The molecule has 0 aliphatic heterocycles. The standard InChI is InChI=1S/C13H11BrCl2N2/c1-7-2-3-12(9(14)4-7)18-13-10(15)5-8(17)6-11(13)16/h2-6,18H,17H2,1H3. The average molecular weight is 346 g/mol. The molecule has 2 aromatic carbocycles. The summed E-state index contributed by atoms with van der Waals surface area (Å²) >= 11 is 15.7. The number of nitrogen functional groups attached to an aromatic ring is 1. The summed E-state index contributed by atoms with van der Waals surface area (Å²) in [6.45, 7) is 2.03. The van der Waals surface area contributed by atoms with E-state index >= 15 is 0 Å². The molecule has 18 heavy (non-hydrogen) atoms. The van der Waals surface area contributed by atoms with Gasteiger partial charge in [0.2, 0.25) is 0 Å². The van der Waals surface area contributed by atoms with Crippen LogP contribution in [0.1, 0.15) is 5.56 Å². The van der Waals surface area contributed by atoms with Crippen LogP contribution in [0.15, 0.2) is 34.8 Å². The van der Waals surface area contributed by atoms with Crippen LogP contribution >= 0.6 is 39.1 Å². The van der Waals surface area contributed by atoms with E-state index in [0.29, 0.717) is 21.4 Å².